The lowest BCUT2D eigenvalue weighted by Gasteiger charge is -2.06. The summed E-state index contributed by atoms with van der Waals surface area (Å²) in [5.41, 5.74) is 0.603. The molecular formula is C20H19NO4S. The zero-order chi connectivity index (χ0) is 18.9. The average Bonchev–Trinajstić information content (AvgIpc) is 2.65. The molecule has 0 bridgehead atoms. The van der Waals surface area contributed by atoms with Gasteiger partial charge in [-0.2, -0.15) is 0 Å². The molecule has 2 aromatic carbocycles. The third-order valence-electron chi connectivity index (χ3n) is 3.18. The third-order valence-corrected chi connectivity index (χ3v) is 4.20. The van der Waals surface area contributed by atoms with Crippen LogP contribution in [-0.4, -0.2) is 24.1 Å². The van der Waals surface area contributed by atoms with Gasteiger partial charge in [-0.15, -0.1) is 0 Å². The molecule has 0 spiro atoms. The zero-order valence-electron chi connectivity index (χ0n) is 14.6. The van der Waals surface area contributed by atoms with Crippen molar-refractivity contribution in [2.45, 2.75) is 23.6 Å². The summed E-state index contributed by atoms with van der Waals surface area (Å²) in [6, 6.07) is 14.9. The Morgan fingerprint density at radius 3 is 2.15 bits per heavy atom. The van der Waals surface area contributed by atoms with Gasteiger partial charge in [0, 0.05) is 22.3 Å². The Morgan fingerprint density at radius 1 is 1.04 bits per heavy atom. The summed E-state index contributed by atoms with van der Waals surface area (Å²) in [6.45, 7) is 6.82. The molecule has 0 aliphatic heterocycles. The highest BCUT2D eigenvalue weighted by atomic mass is 32.2. The molecule has 2 rings (SSSR count). The second kappa shape index (κ2) is 9.58. The van der Waals surface area contributed by atoms with E-state index in [9.17, 15) is 9.59 Å². The highest BCUT2D eigenvalue weighted by Gasteiger charge is 2.11. The van der Waals surface area contributed by atoms with E-state index in [-0.39, 0.29) is 11.5 Å². The van der Waals surface area contributed by atoms with Crippen LogP contribution in [-0.2, 0) is 9.63 Å². The molecule has 5 nitrogen and oxygen atoms in total. The van der Waals surface area contributed by atoms with Crippen LogP contribution in [0.4, 0.5) is 0 Å². The Labute approximate surface area is 156 Å². The van der Waals surface area contributed by atoms with E-state index in [2.05, 4.69) is 16.6 Å². The second-order valence-corrected chi connectivity index (χ2v) is 6.43. The van der Waals surface area contributed by atoms with E-state index >= 15 is 0 Å². The molecule has 0 aromatic heterocycles. The van der Waals surface area contributed by atoms with Crippen molar-refractivity contribution < 1.29 is 19.2 Å². The van der Waals surface area contributed by atoms with Crippen molar-refractivity contribution in [3.05, 3.63) is 66.7 Å². The van der Waals surface area contributed by atoms with Gasteiger partial charge in [0.1, 0.15) is 18.1 Å². The van der Waals surface area contributed by atoms with Gasteiger partial charge in [0.25, 0.3) is 0 Å². The number of Topliss-reactive ketones (excluding diaryl/α,β-unsaturated/α-hetero) is 1. The number of ether oxygens (including phenoxy) is 1. The largest absolute Gasteiger partial charge is 0.490 e. The van der Waals surface area contributed by atoms with Crippen molar-refractivity contribution in [2.24, 2.45) is 5.16 Å². The first-order chi connectivity index (χ1) is 12.5. The van der Waals surface area contributed by atoms with Crippen LogP contribution >= 0.6 is 11.8 Å². The molecule has 0 heterocycles. The molecule has 2 aromatic rings. The fourth-order valence-corrected chi connectivity index (χ4v) is 2.77. The van der Waals surface area contributed by atoms with Crippen molar-refractivity contribution in [2.75, 3.05) is 6.61 Å². The molecule has 0 unspecified atom stereocenters. The molecule has 6 heteroatoms. The number of rotatable bonds is 8. The summed E-state index contributed by atoms with van der Waals surface area (Å²) < 4.78 is 5.45. The van der Waals surface area contributed by atoms with Crippen molar-refractivity contribution >= 4 is 29.2 Å². The Morgan fingerprint density at radius 2 is 1.62 bits per heavy atom. The van der Waals surface area contributed by atoms with Gasteiger partial charge >= 0.3 is 5.97 Å². The predicted octanol–water partition coefficient (Wildman–Crippen LogP) is 4.52. The number of carbonyl (C=O) groups is 2. The maximum absolute atomic E-state index is 12.2. The summed E-state index contributed by atoms with van der Waals surface area (Å²) in [5, 5.41) is 3.51. The molecule has 0 aliphatic carbocycles. The maximum Gasteiger partial charge on any atom is 0.331 e. The first-order valence-electron chi connectivity index (χ1n) is 7.88. The minimum Gasteiger partial charge on any atom is -0.490 e. The number of nitrogens with zero attached hydrogens (tertiary/aromatic N) is 1. The van der Waals surface area contributed by atoms with E-state index in [4.69, 9.17) is 4.74 Å². The Bertz CT molecular complexity index is 811. The molecule has 0 aliphatic rings. The number of hydrogen-bond donors (Lipinski definition) is 0. The van der Waals surface area contributed by atoms with E-state index in [1.165, 1.54) is 13.8 Å². The second-order valence-electron chi connectivity index (χ2n) is 5.29. The van der Waals surface area contributed by atoms with Crippen LogP contribution in [0, 0.1) is 0 Å². The van der Waals surface area contributed by atoms with Crippen molar-refractivity contribution in [3.8, 4) is 5.75 Å². The van der Waals surface area contributed by atoms with Gasteiger partial charge in [-0.05, 0) is 55.5 Å². The van der Waals surface area contributed by atoms with Gasteiger partial charge in [0.2, 0.25) is 5.78 Å². The van der Waals surface area contributed by atoms with Crippen LogP contribution in [0.1, 0.15) is 24.2 Å². The van der Waals surface area contributed by atoms with E-state index < -0.39 is 5.97 Å². The minimum atomic E-state index is -0.565. The molecule has 0 saturated heterocycles. The molecule has 0 atom stereocenters. The molecule has 0 N–H and O–H groups in total. The Hall–Kier alpha value is -2.86. The highest BCUT2D eigenvalue weighted by Crippen LogP contribution is 2.29. The Kier molecular flexibility index (Phi) is 7.17. The SMILES string of the molecule is C=CCOc1ccc(Sc2ccc(C(=O)/C(C)=N/OC(C)=O)cc2)cc1. The van der Waals surface area contributed by atoms with Gasteiger partial charge in [0.05, 0.1) is 0 Å². The first-order valence-corrected chi connectivity index (χ1v) is 8.70. The van der Waals surface area contributed by atoms with E-state index in [0.29, 0.717) is 12.2 Å². The van der Waals surface area contributed by atoms with Crippen LogP contribution in [0.3, 0.4) is 0 Å². The predicted molar refractivity (Wildman–Crippen MR) is 102 cm³/mol. The van der Waals surface area contributed by atoms with Gasteiger partial charge in [-0.3, -0.25) is 4.79 Å². The lowest BCUT2D eigenvalue weighted by molar-refractivity contribution is -0.140. The van der Waals surface area contributed by atoms with Crippen LogP contribution in [0.2, 0.25) is 0 Å². The summed E-state index contributed by atoms with van der Waals surface area (Å²) in [5.74, 6) is -0.0611. The van der Waals surface area contributed by atoms with Gasteiger partial charge in [-0.1, -0.05) is 29.6 Å². The van der Waals surface area contributed by atoms with Crippen LogP contribution < -0.4 is 4.74 Å². The average molecular weight is 369 g/mol. The molecule has 134 valence electrons. The molecule has 26 heavy (non-hydrogen) atoms. The molecular weight excluding hydrogens is 350 g/mol. The number of ketones is 1. The monoisotopic (exact) mass is 369 g/mol. The summed E-state index contributed by atoms with van der Waals surface area (Å²) in [7, 11) is 0. The van der Waals surface area contributed by atoms with Crippen LogP contribution in [0.5, 0.6) is 5.75 Å². The summed E-state index contributed by atoms with van der Waals surface area (Å²) in [6.07, 6.45) is 1.70. The topological polar surface area (TPSA) is 65.0 Å². The standard InChI is InChI=1S/C20H19NO4S/c1-4-13-24-17-7-11-19(12-8-17)26-18-9-5-16(6-10-18)20(23)14(2)21-25-15(3)22/h4-12H,1,13H2,2-3H3/b21-14+. The van der Waals surface area contributed by atoms with E-state index in [0.717, 1.165) is 15.5 Å². The minimum absolute atomic E-state index is 0.121. The molecule has 0 saturated carbocycles. The third kappa shape index (κ3) is 5.89. The van der Waals surface area contributed by atoms with Crippen LogP contribution in [0.25, 0.3) is 0 Å². The quantitative estimate of drug-likeness (QED) is 0.225. The lowest BCUT2D eigenvalue weighted by Crippen LogP contribution is -2.11. The molecule has 0 fully saturated rings. The van der Waals surface area contributed by atoms with Crippen molar-refractivity contribution in [1.29, 1.82) is 0 Å². The lowest BCUT2D eigenvalue weighted by atomic mass is 10.1. The van der Waals surface area contributed by atoms with E-state index in [1.54, 1.807) is 30.0 Å². The van der Waals surface area contributed by atoms with E-state index in [1.807, 2.05) is 36.4 Å². The van der Waals surface area contributed by atoms with Crippen LogP contribution in [0.15, 0.2) is 76.1 Å². The molecule has 0 radical (unpaired) electrons. The normalized spacial score (nSPS) is 10.9. The van der Waals surface area contributed by atoms with Gasteiger partial charge in [-0.25, -0.2) is 4.79 Å². The number of oxime groups is 1. The molecule has 0 amide bonds. The smallest absolute Gasteiger partial charge is 0.331 e. The highest BCUT2D eigenvalue weighted by molar-refractivity contribution is 7.99. The fourth-order valence-electron chi connectivity index (χ4n) is 1.95. The first kappa shape index (κ1) is 19.5. The zero-order valence-corrected chi connectivity index (χ0v) is 15.4. The fraction of sp³-hybridized carbons (Fsp3) is 0.150. The summed E-state index contributed by atoms with van der Waals surface area (Å²) in [4.78, 5) is 29.5. The van der Waals surface area contributed by atoms with Crippen molar-refractivity contribution in [3.63, 3.8) is 0 Å². The number of carbonyl (C=O) groups excluding carboxylic acids is 2. The summed E-state index contributed by atoms with van der Waals surface area (Å²) >= 11 is 1.58. The van der Waals surface area contributed by atoms with Crippen molar-refractivity contribution in [1.82, 2.24) is 0 Å². The maximum atomic E-state index is 12.2. The Balaban J connectivity index is 2.00. The number of benzene rings is 2. The van der Waals surface area contributed by atoms with Gasteiger partial charge in [0.15, 0.2) is 0 Å². The van der Waals surface area contributed by atoms with Gasteiger partial charge < -0.3 is 9.57 Å². The number of hydrogen-bond acceptors (Lipinski definition) is 6.